The van der Waals surface area contributed by atoms with Gasteiger partial charge in [0.1, 0.15) is 5.75 Å². The van der Waals surface area contributed by atoms with Crippen LogP contribution in [-0.2, 0) is 0 Å². The molecular weight excluding hydrogens is 328 g/mol. The molecule has 0 aliphatic heterocycles. The van der Waals surface area contributed by atoms with E-state index < -0.39 is 0 Å². The van der Waals surface area contributed by atoms with E-state index in [1.54, 1.807) is 7.11 Å². The first-order valence-electron chi connectivity index (χ1n) is 9.57. The number of ether oxygens (including phenoxy) is 1. The molecule has 1 unspecified atom stereocenters. The van der Waals surface area contributed by atoms with Crippen molar-refractivity contribution in [3.05, 3.63) is 29.8 Å². The van der Waals surface area contributed by atoms with E-state index in [0.29, 0.717) is 12.6 Å². The summed E-state index contributed by atoms with van der Waals surface area (Å²) in [6.07, 6.45) is 3.54. The summed E-state index contributed by atoms with van der Waals surface area (Å²) in [5.41, 5.74) is 1.14. The number of aliphatic imine (C=N–C) groups is 1. The molecule has 3 N–H and O–H groups in total. The first-order valence-corrected chi connectivity index (χ1v) is 9.57. The van der Waals surface area contributed by atoms with Crippen LogP contribution in [0, 0.1) is 0 Å². The molecule has 1 fully saturated rings. The fraction of sp³-hybridized carbons (Fsp3) is 0.650. The van der Waals surface area contributed by atoms with Crippen LogP contribution in [0.3, 0.4) is 0 Å². The Hall–Kier alpha value is -1.79. The predicted molar refractivity (Wildman–Crippen MR) is 107 cm³/mol. The van der Waals surface area contributed by atoms with Crippen LogP contribution in [0.2, 0.25) is 0 Å². The molecule has 2 rings (SSSR count). The third-order valence-corrected chi connectivity index (χ3v) is 4.93. The summed E-state index contributed by atoms with van der Waals surface area (Å²) in [5, 5.41) is 16.6. The van der Waals surface area contributed by atoms with Gasteiger partial charge in [0.05, 0.1) is 25.8 Å². The van der Waals surface area contributed by atoms with E-state index >= 15 is 0 Å². The summed E-state index contributed by atoms with van der Waals surface area (Å²) in [6, 6.07) is 8.62. The lowest BCUT2D eigenvalue weighted by Gasteiger charge is -2.28. The lowest BCUT2D eigenvalue weighted by atomic mass is 9.93. The van der Waals surface area contributed by atoms with Crippen LogP contribution in [0.1, 0.15) is 44.2 Å². The van der Waals surface area contributed by atoms with E-state index in [2.05, 4.69) is 42.6 Å². The van der Waals surface area contributed by atoms with E-state index in [4.69, 9.17) is 9.73 Å². The molecule has 1 aliphatic rings. The van der Waals surface area contributed by atoms with Crippen molar-refractivity contribution in [2.24, 2.45) is 4.99 Å². The Labute approximate surface area is 157 Å². The number of para-hydroxylation sites is 1. The molecule has 0 heterocycles. The minimum atomic E-state index is -0.142. The van der Waals surface area contributed by atoms with E-state index in [1.807, 2.05) is 18.2 Å². The molecule has 0 amide bonds. The molecule has 0 radical (unpaired) electrons. The van der Waals surface area contributed by atoms with Gasteiger partial charge < -0.3 is 25.4 Å². The first kappa shape index (κ1) is 20.5. The Balaban J connectivity index is 2.09. The van der Waals surface area contributed by atoms with Crippen molar-refractivity contribution in [3.63, 3.8) is 0 Å². The number of nitrogens with zero attached hydrogens (tertiary/aromatic N) is 2. The third kappa shape index (κ3) is 5.88. The van der Waals surface area contributed by atoms with Crippen molar-refractivity contribution in [1.82, 2.24) is 15.5 Å². The number of likely N-dealkylation sites (N-methyl/N-ethyl adjacent to an activating group) is 1. The lowest BCUT2D eigenvalue weighted by Crippen LogP contribution is -2.45. The summed E-state index contributed by atoms with van der Waals surface area (Å²) in [5.74, 6) is 1.73. The Morgan fingerprint density at radius 2 is 1.96 bits per heavy atom. The highest BCUT2D eigenvalue weighted by atomic mass is 16.5. The molecule has 0 aromatic heterocycles. The first-order chi connectivity index (χ1) is 12.5. The number of hydrogen-bond acceptors (Lipinski definition) is 4. The molecule has 0 spiro atoms. The van der Waals surface area contributed by atoms with Gasteiger partial charge in [-0.3, -0.25) is 4.99 Å². The van der Waals surface area contributed by atoms with Gasteiger partial charge in [-0.05, 0) is 52.8 Å². The van der Waals surface area contributed by atoms with Gasteiger partial charge in [-0.1, -0.05) is 18.2 Å². The van der Waals surface area contributed by atoms with E-state index in [1.165, 1.54) is 0 Å². The standard InChI is InChI=1S/C20H34N4O2/c1-5-21-20(23-15-10-12-16(25)13-11-15)22-14-18(24(2)3)17-8-6-7-9-19(17)26-4/h6-9,15-16,18,25H,5,10-14H2,1-4H3,(H2,21,22,23). The van der Waals surface area contributed by atoms with Gasteiger partial charge in [0.2, 0.25) is 0 Å². The number of methoxy groups -OCH3 is 1. The number of guanidine groups is 1. The zero-order valence-corrected chi connectivity index (χ0v) is 16.5. The van der Waals surface area contributed by atoms with Crippen molar-refractivity contribution in [1.29, 1.82) is 0 Å². The van der Waals surface area contributed by atoms with Gasteiger partial charge in [-0.2, -0.15) is 0 Å². The second kappa shape index (κ2) is 10.4. The second-order valence-electron chi connectivity index (χ2n) is 7.09. The molecule has 1 saturated carbocycles. The number of hydrogen-bond donors (Lipinski definition) is 3. The average molecular weight is 363 g/mol. The van der Waals surface area contributed by atoms with Crippen molar-refractivity contribution in [3.8, 4) is 5.75 Å². The predicted octanol–water partition coefficient (Wildman–Crippen LogP) is 2.16. The van der Waals surface area contributed by atoms with Gasteiger partial charge in [-0.25, -0.2) is 0 Å². The minimum absolute atomic E-state index is 0.134. The maximum Gasteiger partial charge on any atom is 0.191 e. The van der Waals surface area contributed by atoms with Crippen LogP contribution in [-0.4, -0.2) is 62.4 Å². The van der Waals surface area contributed by atoms with Gasteiger partial charge in [0, 0.05) is 18.2 Å². The van der Waals surface area contributed by atoms with E-state index in [-0.39, 0.29) is 12.1 Å². The van der Waals surface area contributed by atoms with Crippen LogP contribution < -0.4 is 15.4 Å². The lowest BCUT2D eigenvalue weighted by molar-refractivity contribution is 0.120. The highest BCUT2D eigenvalue weighted by Crippen LogP contribution is 2.28. The zero-order chi connectivity index (χ0) is 18.9. The number of rotatable bonds is 7. The molecule has 26 heavy (non-hydrogen) atoms. The number of aliphatic hydroxyl groups is 1. The average Bonchev–Trinajstić information content (AvgIpc) is 2.64. The van der Waals surface area contributed by atoms with E-state index in [0.717, 1.165) is 49.5 Å². The molecule has 1 aliphatic carbocycles. The largest absolute Gasteiger partial charge is 0.496 e. The van der Waals surface area contributed by atoms with Crippen LogP contribution in [0.15, 0.2) is 29.3 Å². The van der Waals surface area contributed by atoms with Crippen LogP contribution in [0.25, 0.3) is 0 Å². The molecule has 1 aromatic rings. The molecule has 0 bridgehead atoms. The molecule has 6 heteroatoms. The summed E-state index contributed by atoms with van der Waals surface area (Å²) in [4.78, 5) is 7.00. The summed E-state index contributed by atoms with van der Waals surface area (Å²) in [6.45, 7) is 3.53. The topological polar surface area (TPSA) is 69.1 Å². The quantitative estimate of drug-likeness (QED) is 0.512. The molecular formula is C20H34N4O2. The Morgan fingerprint density at radius 1 is 1.27 bits per heavy atom. The fourth-order valence-corrected chi connectivity index (χ4v) is 3.39. The maximum atomic E-state index is 9.69. The normalized spacial score (nSPS) is 22.2. The highest BCUT2D eigenvalue weighted by Gasteiger charge is 2.21. The number of nitrogens with one attached hydrogen (secondary N) is 2. The van der Waals surface area contributed by atoms with Gasteiger partial charge in [0.15, 0.2) is 5.96 Å². The van der Waals surface area contributed by atoms with Crippen molar-refractivity contribution in [2.75, 3.05) is 34.3 Å². The van der Waals surface area contributed by atoms with Crippen molar-refractivity contribution in [2.45, 2.75) is 50.8 Å². The zero-order valence-electron chi connectivity index (χ0n) is 16.5. The molecule has 146 valence electrons. The smallest absolute Gasteiger partial charge is 0.191 e. The molecule has 1 atom stereocenters. The highest BCUT2D eigenvalue weighted by molar-refractivity contribution is 5.80. The summed E-state index contributed by atoms with van der Waals surface area (Å²) < 4.78 is 5.53. The number of aliphatic hydroxyl groups excluding tert-OH is 1. The summed E-state index contributed by atoms with van der Waals surface area (Å²) >= 11 is 0. The Morgan fingerprint density at radius 3 is 2.58 bits per heavy atom. The molecule has 6 nitrogen and oxygen atoms in total. The van der Waals surface area contributed by atoms with Crippen molar-refractivity contribution >= 4 is 5.96 Å². The Bertz CT molecular complexity index is 569. The number of benzene rings is 1. The van der Waals surface area contributed by atoms with Crippen LogP contribution in [0.4, 0.5) is 0 Å². The SMILES string of the molecule is CCNC(=NCC(c1ccccc1OC)N(C)C)NC1CCC(O)CC1. The Kier molecular flexibility index (Phi) is 8.19. The van der Waals surface area contributed by atoms with E-state index in [9.17, 15) is 5.11 Å². The van der Waals surface area contributed by atoms with Gasteiger partial charge in [0.25, 0.3) is 0 Å². The van der Waals surface area contributed by atoms with Crippen LogP contribution >= 0.6 is 0 Å². The monoisotopic (exact) mass is 362 g/mol. The van der Waals surface area contributed by atoms with Crippen LogP contribution in [0.5, 0.6) is 5.75 Å². The summed E-state index contributed by atoms with van der Waals surface area (Å²) in [7, 11) is 5.84. The third-order valence-electron chi connectivity index (χ3n) is 4.93. The van der Waals surface area contributed by atoms with Gasteiger partial charge in [-0.15, -0.1) is 0 Å². The van der Waals surface area contributed by atoms with Crippen molar-refractivity contribution < 1.29 is 9.84 Å². The molecule has 0 saturated heterocycles. The fourth-order valence-electron chi connectivity index (χ4n) is 3.39. The molecule has 1 aromatic carbocycles. The second-order valence-corrected chi connectivity index (χ2v) is 7.09. The minimum Gasteiger partial charge on any atom is -0.496 e. The van der Waals surface area contributed by atoms with Gasteiger partial charge >= 0.3 is 0 Å². The maximum absolute atomic E-state index is 9.69.